The summed E-state index contributed by atoms with van der Waals surface area (Å²) >= 11 is 0. The van der Waals surface area contributed by atoms with Crippen LogP contribution < -0.4 is 5.32 Å². The van der Waals surface area contributed by atoms with Crippen molar-refractivity contribution < 1.29 is 4.79 Å². The molecule has 1 amide bonds. The lowest BCUT2D eigenvalue weighted by molar-refractivity contribution is -0.117. The van der Waals surface area contributed by atoms with Crippen molar-refractivity contribution in [3.8, 4) is 22.5 Å². The summed E-state index contributed by atoms with van der Waals surface area (Å²) in [6.07, 6.45) is 15.5. The van der Waals surface area contributed by atoms with E-state index < -0.39 is 0 Å². The van der Waals surface area contributed by atoms with Crippen molar-refractivity contribution in [2.75, 3.05) is 5.32 Å². The second-order valence-electron chi connectivity index (χ2n) is 9.06. The molecular formula is C26H25N7O. The average molecular weight is 452 g/mol. The molecule has 0 radical (unpaired) electrons. The summed E-state index contributed by atoms with van der Waals surface area (Å²) in [5.74, 6) is 0.557. The van der Waals surface area contributed by atoms with Crippen molar-refractivity contribution in [1.29, 1.82) is 0 Å². The molecule has 8 nitrogen and oxygen atoms in total. The van der Waals surface area contributed by atoms with Crippen LogP contribution in [0.2, 0.25) is 0 Å². The Hall–Kier alpha value is -4.07. The molecule has 0 spiro atoms. The van der Waals surface area contributed by atoms with Crippen LogP contribution in [0, 0.1) is 5.92 Å². The normalized spacial score (nSPS) is 14.6. The van der Waals surface area contributed by atoms with Gasteiger partial charge in [-0.05, 0) is 43.0 Å². The number of aromatic nitrogens is 6. The first-order valence-corrected chi connectivity index (χ1v) is 11.8. The molecule has 0 saturated heterocycles. The Morgan fingerprint density at radius 1 is 1.00 bits per heavy atom. The van der Waals surface area contributed by atoms with Crippen molar-refractivity contribution in [3.63, 3.8) is 0 Å². The predicted octanol–water partition coefficient (Wildman–Crippen LogP) is 5.47. The van der Waals surface area contributed by atoms with E-state index in [1.165, 1.54) is 19.3 Å². The van der Waals surface area contributed by atoms with Gasteiger partial charge in [-0.2, -0.15) is 5.10 Å². The Balaban J connectivity index is 1.27. The Labute approximate surface area is 196 Å². The molecule has 0 unspecified atom stereocenters. The van der Waals surface area contributed by atoms with Crippen LogP contribution in [0.15, 0.2) is 55.2 Å². The fraction of sp³-hybridized carbons (Fsp3) is 0.269. The number of pyridine rings is 3. The van der Waals surface area contributed by atoms with E-state index in [1.807, 2.05) is 12.1 Å². The molecule has 5 aromatic rings. The Morgan fingerprint density at radius 3 is 2.76 bits per heavy atom. The smallest absolute Gasteiger partial charge is 0.224 e. The molecule has 170 valence electrons. The number of rotatable bonds is 5. The number of hydrogen-bond acceptors (Lipinski definition) is 5. The van der Waals surface area contributed by atoms with E-state index in [1.54, 1.807) is 31.0 Å². The monoisotopic (exact) mass is 451 g/mol. The van der Waals surface area contributed by atoms with Gasteiger partial charge in [-0.3, -0.25) is 19.9 Å². The highest BCUT2D eigenvalue weighted by atomic mass is 16.1. The zero-order chi connectivity index (χ0) is 22.9. The average Bonchev–Trinajstić information content (AvgIpc) is 3.48. The van der Waals surface area contributed by atoms with Crippen LogP contribution >= 0.6 is 0 Å². The molecule has 0 bridgehead atoms. The fourth-order valence-corrected chi connectivity index (χ4v) is 4.90. The largest absolute Gasteiger partial charge is 0.352 e. The summed E-state index contributed by atoms with van der Waals surface area (Å²) in [5.41, 5.74) is 5.86. The summed E-state index contributed by atoms with van der Waals surface area (Å²) in [4.78, 5) is 29.1. The molecular weight excluding hydrogens is 426 g/mol. The number of carbonyl (C=O) groups excluding carboxylic acids is 1. The fourth-order valence-electron chi connectivity index (χ4n) is 4.90. The molecule has 0 atom stereocenters. The third kappa shape index (κ3) is 4.03. The maximum Gasteiger partial charge on any atom is 0.224 e. The van der Waals surface area contributed by atoms with Gasteiger partial charge >= 0.3 is 0 Å². The lowest BCUT2D eigenvalue weighted by Gasteiger charge is -2.20. The molecule has 8 heteroatoms. The number of anilines is 1. The van der Waals surface area contributed by atoms with Crippen molar-refractivity contribution in [2.45, 2.75) is 38.5 Å². The van der Waals surface area contributed by atoms with Gasteiger partial charge in [-0.15, -0.1) is 0 Å². The molecule has 34 heavy (non-hydrogen) atoms. The Bertz CT molecular complexity index is 1450. The van der Waals surface area contributed by atoms with E-state index in [0.29, 0.717) is 23.7 Å². The summed E-state index contributed by atoms with van der Waals surface area (Å²) in [7, 11) is 0. The van der Waals surface area contributed by atoms with Gasteiger partial charge in [-0.25, -0.2) is 4.98 Å². The second-order valence-corrected chi connectivity index (χ2v) is 9.06. The molecule has 1 fully saturated rings. The van der Waals surface area contributed by atoms with Crippen molar-refractivity contribution in [2.24, 2.45) is 5.92 Å². The van der Waals surface area contributed by atoms with Gasteiger partial charge in [0.25, 0.3) is 0 Å². The van der Waals surface area contributed by atoms with E-state index in [4.69, 9.17) is 0 Å². The minimum atomic E-state index is 0.0600. The van der Waals surface area contributed by atoms with Crippen molar-refractivity contribution >= 4 is 33.5 Å². The van der Waals surface area contributed by atoms with Crippen LogP contribution in [-0.4, -0.2) is 36.0 Å². The number of nitrogens with one attached hydrogen (secondary N) is 3. The van der Waals surface area contributed by atoms with Gasteiger partial charge in [0.15, 0.2) is 5.65 Å². The molecule has 3 N–H and O–H groups in total. The number of fused-ring (bicyclic) bond motifs is 2. The highest BCUT2D eigenvalue weighted by molar-refractivity contribution is 5.96. The second kappa shape index (κ2) is 8.70. The summed E-state index contributed by atoms with van der Waals surface area (Å²) in [6, 6.07) is 8.02. The topological polar surface area (TPSA) is 112 Å². The molecule has 1 aliphatic carbocycles. The van der Waals surface area contributed by atoms with Crippen LogP contribution in [0.25, 0.3) is 44.5 Å². The molecule has 5 heterocycles. The maximum atomic E-state index is 12.6. The maximum absolute atomic E-state index is 12.6. The Kier molecular flexibility index (Phi) is 5.25. The molecule has 6 rings (SSSR count). The molecule has 0 aromatic carbocycles. The third-order valence-corrected chi connectivity index (χ3v) is 6.65. The van der Waals surface area contributed by atoms with E-state index in [9.17, 15) is 4.79 Å². The number of amides is 1. The first kappa shape index (κ1) is 20.5. The number of hydrogen-bond donors (Lipinski definition) is 3. The molecule has 1 aliphatic rings. The van der Waals surface area contributed by atoms with Crippen LogP contribution in [0.5, 0.6) is 0 Å². The first-order valence-electron chi connectivity index (χ1n) is 11.8. The van der Waals surface area contributed by atoms with Crippen molar-refractivity contribution in [1.82, 2.24) is 30.1 Å². The summed E-state index contributed by atoms with van der Waals surface area (Å²) < 4.78 is 0. The van der Waals surface area contributed by atoms with Crippen LogP contribution in [-0.2, 0) is 4.79 Å². The van der Waals surface area contributed by atoms with Crippen LogP contribution in [0.1, 0.15) is 38.5 Å². The highest BCUT2D eigenvalue weighted by Gasteiger charge is 2.18. The minimum absolute atomic E-state index is 0.0600. The number of H-pyrrole nitrogens is 2. The number of carbonyl (C=O) groups is 1. The lowest BCUT2D eigenvalue weighted by Crippen LogP contribution is -2.18. The molecule has 5 aromatic heterocycles. The zero-order valence-corrected chi connectivity index (χ0v) is 18.7. The summed E-state index contributed by atoms with van der Waals surface area (Å²) in [5, 5.41) is 12.5. The van der Waals surface area contributed by atoms with Gasteiger partial charge in [0.05, 0.1) is 29.3 Å². The van der Waals surface area contributed by atoms with Gasteiger partial charge in [0.2, 0.25) is 5.91 Å². The first-order chi connectivity index (χ1) is 16.7. The molecule has 0 aliphatic heterocycles. The van der Waals surface area contributed by atoms with Gasteiger partial charge in [0.1, 0.15) is 5.69 Å². The zero-order valence-electron chi connectivity index (χ0n) is 18.7. The van der Waals surface area contributed by atoms with Gasteiger partial charge < -0.3 is 10.3 Å². The van der Waals surface area contributed by atoms with E-state index in [-0.39, 0.29) is 5.91 Å². The minimum Gasteiger partial charge on any atom is -0.352 e. The van der Waals surface area contributed by atoms with Crippen LogP contribution in [0.4, 0.5) is 5.69 Å². The lowest BCUT2D eigenvalue weighted by atomic mass is 9.87. The number of nitrogens with zero attached hydrogens (tertiary/aromatic N) is 4. The SMILES string of the molecule is O=C(CC1CCCCC1)Nc1cncc(-c2cnc3[nH]nc(-c4cc5ccncc5[nH]4)c3c2)c1. The van der Waals surface area contributed by atoms with E-state index in [2.05, 4.69) is 47.6 Å². The predicted molar refractivity (Wildman–Crippen MR) is 132 cm³/mol. The number of aromatic amines is 2. The van der Waals surface area contributed by atoms with Gasteiger partial charge in [-0.1, -0.05) is 19.3 Å². The van der Waals surface area contributed by atoms with Gasteiger partial charge in [0, 0.05) is 46.9 Å². The van der Waals surface area contributed by atoms with E-state index in [0.717, 1.165) is 51.6 Å². The molecule has 1 saturated carbocycles. The standard InChI is InChI=1S/C26H25N7O/c34-24(8-16-4-2-1-3-5-16)30-20-9-18(12-28-14-20)19-10-21-25(32-33-26(21)29-13-19)22-11-17-6-7-27-15-23(17)31-22/h6-7,9-16,31H,1-5,8H2,(H,30,34)(H,29,32,33). The Morgan fingerprint density at radius 2 is 1.88 bits per heavy atom. The highest BCUT2D eigenvalue weighted by Crippen LogP contribution is 2.31. The third-order valence-electron chi connectivity index (χ3n) is 6.65. The summed E-state index contributed by atoms with van der Waals surface area (Å²) in [6.45, 7) is 0. The quantitative estimate of drug-likeness (QED) is 0.328. The van der Waals surface area contributed by atoms with Crippen molar-refractivity contribution in [3.05, 3.63) is 55.2 Å². The van der Waals surface area contributed by atoms with Crippen LogP contribution in [0.3, 0.4) is 0 Å². The van der Waals surface area contributed by atoms with E-state index >= 15 is 0 Å².